The van der Waals surface area contributed by atoms with Gasteiger partial charge < -0.3 is 10.2 Å². The molecule has 2 aromatic rings. The molecule has 2 atom stereocenters. The van der Waals surface area contributed by atoms with Gasteiger partial charge in [-0.3, -0.25) is 4.90 Å². The number of hydrogen-bond acceptors (Lipinski definition) is 4. The first-order valence-corrected chi connectivity index (χ1v) is 8.13. The SMILES string of the molecule is Cc1ccc(-c2nc(CN3CCCC(C)C3CN)co2)cc1.Cl. The predicted octanol–water partition coefficient (Wildman–Crippen LogP) is 3.63. The summed E-state index contributed by atoms with van der Waals surface area (Å²) in [6.07, 6.45) is 4.29. The summed E-state index contributed by atoms with van der Waals surface area (Å²) in [5, 5.41) is 0. The number of benzene rings is 1. The third kappa shape index (κ3) is 4.14. The summed E-state index contributed by atoms with van der Waals surface area (Å²) in [5.41, 5.74) is 9.22. The van der Waals surface area contributed by atoms with Crippen LogP contribution in [-0.4, -0.2) is 29.0 Å². The molecule has 1 saturated heterocycles. The molecule has 23 heavy (non-hydrogen) atoms. The number of aryl methyl sites for hydroxylation is 1. The molecule has 5 heteroatoms. The molecule has 0 aliphatic carbocycles. The molecule has 0 bridgehead atoms. The lowest BCUT2D eigenvalue weighted by atomic mass is 9.91. The van der Waals surface area contributed by atoms with Crippen LogP contribution in [0.3, 0.4) is 0 Å². The molecule has 0 amide bonds. The quantitative estimate of drug-likeness (QED) is 0.927. The Hall–Kier alpha value is -1.36. The highest BCUT2D eigenvalue weighted by atomic mass is 35.5. The molecule has 0 spiro atoms. The van der Waals surface area contributed by atoms with E-state index in [4.69, 9.17) is 10.2 Å². The van der Waals surface area contributed by atoms with Gasteiger partial charge in [0.25, 0.3) is 0 Å². The molecular formula is C18H26ClN3O. The minimum atomic E-state index is 0. The summed E-state index contributed by atoms with van der Waals surface area (Å²) in [5.74, 6) is 1.35. The van der Waals surface area contributed by atoms with Gasteiger partial charge >= 0.3 is 0 Å². The maximum atomic E-state index is 5.96. The first-order valence-electron chi connectivity index (χ1n) is 8.13. The van der Waals surface area contributed by atoms with E-state index in [0.29, 0.717) is 24.4 Å². The second kappa shape index (κ2) is 7.95. The van der Waals surface area contributed by atoms with Crippen molar-refractivity contribution in [1.29, 1.82) is 0 Å². The smallest absolute Gasteiger partial charge is 0.226 e. The lowest BCUT2D eigenvalue weighted by Crippen LogP contribution is -2.48. The number of halogens is 1. The van der Waals surface area contributed by atoms with Crippen LogP contribution < -0.4 is 5.73 Å². The van der Waals surface area contributed by atoms with Crippen molar-refractivity contribution in [3.8, 4) is 11.5 Å². The van der Waals surface area contributed by atoms with Crippen LogP contribution in [0.15, 0.2) is 34.9 Å². The van der Waals surface area contributed by atoms with Gasteiger partial charge in [-0.2, -0.15) is 0 Å². The Balaban J connectivity index is 0.00000192. The number of oxazole rings is 1. The molecule has 1 aliphatic heterocycles. The minimum absolute atomic E-state index is 0. The number of rotatable bonds is 4. The number of aromatic nitrogens is 1. The Bertz CT molecular complexity index is 611. The molecule has 2 N–H and O–H groups in total. The zero-order chi connectivity index (χ0) is 15.5. The number of nitrogens with two attached hydrogens (primary N) is 1. The first-order chi connectivity index (χ1) is 10.7. The topological polar surface area (TPSA) is 55.3 Å². The summed E-state index contributed by atoms with van der Waals surface area (Å²) >= 11 is 0. The van der Waals surface area contributed by atoms with E-state index >= 15 is 0 Å². The van der Waals surface area contributed by atoms with Crippen molar-refractivity contribution in [2.75, 3.05) is 13.1 Å². The molecule has 126 valence electrons. The van der Waals surface area contributed by atoms with Gasteiger partial charge in [0.2, 0.25) is 5.89 Å². The van der Waals surface area contributed by atoms with Crippen LogP contribution in [0.5, 0.6) is 0 Å². The van der Waals surface area contributed by atoms with Crippen molar-refractivity contribution in [3.05, 3.63) is 41.8 Å². The third-order valence-electron chi connectivity index (χ3n) is 4.69. The van der Waals surface area contributed by atoms with Crippen molar-refractivity contribution in [3.63, 3.8) is 0 Å². The maximum absolute atomic E-state index is 5.96. The van der Waals surface area contributed by atoms with E-state index in [1.807, 2.05) is 0 Å². The van der Waals surface area contributed by atoms with Crippen LogP contribution in [-0.2, 0) is 6.54 Å². The van der Waals surface area contributed by atoms with Crippen LogP contribution in [0.25, 0.3) is 11.5 Å². The molecular weight excluding hydrogens is 310 g/mol. The molecule has 3 rings (SSSR count). The van der Waals surface area contributed by atoms with Crippen LogP contribution >= 0.6 is 12.4 Å². The highest BCUT2D eigenvalue weighted by Crippen LogP contribution is 2.25. The highest BCUT2D eigenvalue weighted by Gasteiger charge is 2.27. The van der Waals surface area contributed by atoms with E-state index in [9.17, 15) is 0 Å². The fraction of sp³-hybridized carbons (Fsp3) is 0.500. The lowest BCUT2D eigenvalue weighted by molar-refractivity contribution is 0.0977. The number of nitrogens with zero attached hydrogens (tertiary/aromatic N) is 2. The van der Waals surface area contributed by atoms with Crippen LogP contribution in [0.1, 0.15) is 31.0 Å². The maximum Gasteiger partial charge on any atom is 0.226 e. The fourth-order valence-corrected chi connectivity index (χ4v) is 3.33. The van der Waals surface area contributed by atoms with E-state index in [1.165, 1.54) is 18.4 Å². The summed E-state index contributed by atoms with van der Waals surface area (Å²) in [6, 6.07) is 8.72. The second-order valence-corrected chi connectivity index (χ2v) is 6.40. The highest BCUT2D eigenvalue weighted by molar-refractivity contribution is 5.85. The number of hydrogen-bond donors (Lipinski definition) is 1. The zero-order valence-electron chi connectivity index (χ0n) is 13.9. The summed E-state index contributed by atoms with van der Waals surface area (Å²) < 4.78 is 5.66. The molecule has 0 radical (unpaired) electrons. The normalized spacial score (nSPS) is 21.9. The fourth-order valence-electron chi connectivity index (χ4n) is 3.33. The average Bonchev–Trinajstić information content (AvgIpc) is 2.97. The van der Waals surface area contributed by atoms with Gasteiger partial charge in [-0.05, 0) is 44.4 Å². The van der Waals surface area contributed by atoms with Crippen LogP contribution in [0, 0.1) is 12.8 Å². The Labute approximate surface area is 144 Å². The molecule has 1 fully saturated rings. The summed E-state index contributed by atoms with van der Waals surface area (Å²) in [7, 11) is 0. The molecule has 2 unspecified atom stereocenters. The van der Waals surface area contributed by atoms with Gasteiger partial charge in [0.05, 0.1) is 5.69 Å². The Kier molecular flexibility index (Phi) is 6.22. The molecule has 1 aromatic heterocycles. The standard InChI is InChI=1S/C18H25N3O.ClH/c1-13-5-7-15(8-6-13)18-20-16(12-22-18)11-21-9-3-4-14(2)17(21)10-19;/h5-8,12,14,17H,3-4,9-11,19H2,1-2H3;1H. The minimum Gasteiger partial charge on any atom is -0.444 e. The Morgan fingerprint density at radius 2 is 2.04 bits per heavy atom. The van der Waals surface area contributed by atoms with Gasteiger partial charge in [-0.1, -0.05) is 24.6 Å². The van der Waals surface area contributed by atoms with Gasteiger partial charge in [-0.15, -0.1) is 12.4 Å². The van der Waals surface area contributed by atoms with Crippen molar-refractivity contribution >= 4 is 12.4 Å². The molecule has 4 nitrogen and oxygen atoms in total. The summed E-state index contributed by atoms with van der Waals surface area (Å²) in [6.45, 7) is 7.00. The van der Waals surface area contributed by atoms with E-state index in [0.717, 1.165) is 24.3 Å². The van der Waals surface area contributed by atoms with Gasteiger partial charge in [0.15, 0.2) is 0 Å². The molecule has 0 saturated carbocycles. The van der Waals surface area contributed by atoms with Crippen molar-refractivity contribution in [2.24, 2.45) is 11.7 Å². The Morgan fingerprint density at radius 3 is 2.74 bits per heavy atom. The number of likely N-dealkylation sites (tertiary alicyclic amines) is 1. The van der Waals surface area contributed by atoms with Gasteiger partial charge in [-0.25, -0.2) is 4.98 Å². The van der Waals surface area contributed by atoms with E-state index in [2.05, 4.69) is 48.0 Å². The van der Waals surface area contributed by atoms with Crippen LogP contribution in [0.4, 0.5) is 0 Å². The number of piperidine rings is 1. The second-order valence-electron chi connectivity index (χ2n) is 6.40. The third-order valence-corrected chi connectivity index (χ3v) is 4.69. The zero-order valence-corrected chi connectivity index (χ0v) is 14.7. The van der Waals surface area contributed by atoms with Crippen molar-refractivity contribution in [2.45, 2.75) is 39.3 Å². The molecule has 2 heterocycles. The van der Waals surface area contributed by atoms with E-state index in [-0.39, 0.29) is 12.4 Å². The van der Waals surface area contributed by atoms with Gasteiger partial charge in [0, 0.05) is 24.7 Å². The van der Waals surface area contributed by atoms with Crippen molar-refractivity contribution in [1.82, 2.24) is 9.88 Å². The van der Waals surface area contributed by atoms with E-state index in [1.54, 1.807) is 6.26 Å². The monoisotopic (exact) mass is 335 g/mol. The largest absolute Gasteiger partial charge is 0.444 e. The summed E-state index contributed by atoms with van der Waals surface area (Å²) in [4.78, 5) is 7.10. The molecule has 1 aromatic carbocycles. The van der Waals surface area contributed by atoms with Crippen LogP contribution in [0.2, 0.25) is 0 Å². The van der Waals surface area contributed by atoms with Crippen molar-refractivity contribution < 1.29 is 4.42 Å². The van der Waals surface area contributed by atoms with E-state index < -0.39 is 0 Å². The van der Waals surface area contributed by atoms with Gasteiger partial charge in [0.1, 0.15) is 6.26 Å². The average molecular weight is 336 g/mol. The first kappa shape index (κ1) is 18.0. The molecule has 1 aliphatic rings. The lowest BCUT2D eigenvalue weighted by Gasteiger charge is -2.38. The predicted molar refractivity (Wildman–Crippen MR) is 95.6 cm³/mol. The Morgan fingerprint density at radius 1 is 1.30 bits per heavy atom.